The second-order valence-corrected chi connectivity index (χ2v) is 7.97. The first-order valence-corrected chi connectivity index (χ1v) is 9.78. The van der Waals surface area contributed by atoms with Crippen molar-refractivity contribution >= 4 is 17.6 Å². The fourth-order valence-corrected chi connectivity index (χ4v) is 4.25. The summed E-state index contributed by atoms with van der Waals surface area (Å²) >= 11 is 0. The average molecular weight is 391 g/mol. The van der Waals surface area contributed by atoms with Gasteiger partial charge in [-0.1, -0.05) is 0 Å². The summed E-state index contributed by atoms with van der Waals surface area (Å²) in [4.78, 5) is 27.3. The van der Waals surface area contributed by atoms with Crippen LogP contribution in [0.1, 0.15) is 25.7 Å². The van der Waals surface area contributed by atoms with Crippen molar-refractivity contribution in [2.45, 2.75) is 31.7 Å². The van der Waals surface area contributed by atoms with Gasteiger partial charge in [0.15, 0.2) is 11.6 Å². The lowest BCUT2D eigenvalue weighted by atomic mass is 9.71. The van der Waals surface area contributed by atoms with Gasteiger partial charge in [0.05, 0.1) is 13.0 Å². The van der Waals surface area contributed by atoms with Gasteiger partial charge in [0.2, 0.25) is 5.91 Å². The van der Waals surface area contributed by atoms with Gasteiger partial charge in [-0.3, -0.25) is 4.79 Å². The molecule has 7 nitrogen and oxygen atoms in total. The van der Waals surface area contributed by atoms with Crippen molar-refractivity contribution in [3.05, 3.63) is 24.0 Å². The minimum atomic E-state index is -0.538. The number of rotatable bonds is 4. The van der Waals surface area contributed by atoms with Crippen molar-refractivity contribution in [2.75, 3.05) is 38.7 Å². The van der Waals surface area contributed by atoms with Crippen LogP contribution in [0.3, 0.4) is 0 Å². The zero-order valence-corrected chi connectivity index (χ0v) is 16.0. The van der Waals surface area contributed by atoms with Crippen LogP contribution in [0, 0.1) is 17.2 Å². The van der Waals surface area contributed by atoms with Crippen molar-refractivity contribution in [2.24, 2.45) is 11.3 Å². The maximum atomic E-state index is 13.9. The summed E-state index contributed by atoms with van der Waals surface area (Å²) in [5.41, 5.74) is 0.106. The van der Waals surface area contributed by atoms with Crippen molar-refractivity contribution < 1.29 is 23.5 Å². The van der Waals surface area contributed by atoms with Crippen LogP contribution in [-0.4, -0.2) is 56.3 Å². The van der Waals surface area contributed by atoms with Crippen LogP contribution in [0.15, 0.2) is 18.2 Å². The maximum absolute atomic E-state index is 13.9. The third-order valence-corrected chi connectivity index (χ3v) is 6.07. The molecule has 2 aliphatic heterocycles. The van der Waals surface area contributed by atoms with Gasteiger partial charge in [-0.25, -0.2) is 9.18 Å². The topological polar surface area (TPSA) is 79.9 Å². The number of anilines is 1. The first-order valence-electron chi connectivity index (χ1n) is 9.78. The highest BCUT2D eigenvalue weighted by atomic mass is 19.1. The van der Waals surface area contributed by atoms with Gasteiger partial charge < -0.3 is 25.0 Å². The zero-order chi connectivity index (χ0) is 19.7. The fourth-order valence-electron chi connectivity index (χ4n) is 4.25. The van der Waals surface area contributed by atoms with Gasteiger partial charge >= 0.3 is 6.03 Å². The van der Waals surface area contributed by atoms with Gasteiger partial charge in [-0.15, -0.1) is 0 Å². The number of nitrogens with zero attached hydrogens (tertiary/aromatic N) is 1. The molecule has 1 atom stereocenters. The van der Waals surface area contributed by atoms with Crippen LogP contribution in [-0.2, 0) is 9.53 Å². The minimum Gasteiger partial charge on any atom is -0.494 e. The molecule has 0 radical (unpaired) electrons. The molecular formula is C20H26FN3O4. The summed E-state index contributed by atoms with van der Waals surface area (Å²) in [5, 5.41) is 5.83. The molecule has 1 spiro atoms. The molecule has 1 aromatic rings. The van der Waals surface area contributed by atoms with E-state index in [1.165, 1.54) is 19.2 Å². The van der Waals surface area contributed by atoms with Gasteiger partial charge in [0.1, 0.15) is 0 Å². The number of nitrogens with one attached hydrogen (secondary N) is 2. The Morgan fingerprint density at radius 2 is 2.04 bits per heavy atom. The molecule has 0 unspecified atom stereocenters. The lowest BCUT2D eigenvalue weighted by Crippen LogP contribution is -2.45. The third-order valence-electron chi connectivity index (χ3n) is 6.07. The summed E-state index contributed by atoms with van der Waals surface area (Å²) in [6.45, 7) is 2.07. The Labute approximate surface area is 163 Å². The lowest BCUT2D eigenvalue weighted by molar-refractivity contribution is -0.130. The van der Waals surface area contributed by atoms with E-state index in [1.807, 2.05) is 0 Å². The molecule has 0 aromatic heterocycles. The summed E-state index contributed by atoms with van der Waals surface area (Å²) in [7, 11) is 1.39. The lowest BCUT2D eigenvalue weighted by Gasteiger charge is -2.37. The van der Waals surface area contributed by atoms with E-state index in [9.17, 15) is 14.0 Å². The van der Waals surface area contributed by atoms with Gasteiger partial charge in [0, 0.05) is 49.5 Å². The molecule has 2 N–H and O–H groups in total. The van der Waals surface area contributed by atoms with Crippen LogP contribution in [0.4, 0.5) is 14.9 Å². The summed E-state index contributed by atoms with van der Waals surface area (Å²) < 4.78 is 24.3. The van der Waals surface area contributed by atoms with E-state index >= 15 is 0 Å². The predicted octanol–water partition coefficient (Wildman–Crippen LogP) is 2.37. The standard InChI is InChI=1S/C20H26FN3O4/c1-27-17-5-4-14(10-16(17)21)23-19(26)24-11-15(18(25)22-13-2-3-13)20(12-24)6-8-28-9-7-20/h4-5,10,13,15H,2-3,6-9,11-12H2,1H3,(H,22,25)(H,23,26)/t15-/m1/s1. The largest absolute Gasteiger partial charge is 0.494 e. The fraction of sp³-hybridized carbons (Fsp3) is 0.600. The summed E-state index contributed by atoms with van der Waals surface area (Å²) in [5.74, 6) is -0.619. The van der Waals surface area contributed by atoms with Crippen LogP contribution in [0.5, 0.6) is 5.75 Å². The van der Waals surface area contributed by atoms with E-state index in [4.69, 9.17) is 9.47 Å². The number of urea groups is 1. The molecule has 3 amide bonds. The molecule has 2 saturated heterocycles. The molecule has 4 rings (SSSR count). The molecule has 3 aliphatic rings. The number of amides is 3. The normalized spacial score (nSPS) is 23.5. The number of methoxy groups -OCH3 is 1. The maximum Gasteiger partial charge on any atom is 0.321 e. The third kappa shape index (κ3) is 3.78. The van der Waals surface area contributed by atoms with Gasteiger partial charge in [-0.05, 0) is 37.8 Å². The zero-order valence-electron chi connectivity index (χ0n) is 16.0. The van der Waals surface area contributed by atoms with E-state index in [1.54, 1.807) is 11.0 Å². The van der Waals surface area contributed by atoms with Crippen LogP contribution >= 0.6 is 0 Å². The van der Waals surface area contributed by atoms with E-state index in [-0.39, 0.29) is 35.1 Å². The summed E-state index contributed by atoms with van der Waals surface area (Å²) in [6, 6.07) is 4.26. The molecule has 152 valence electrons. The highest BCUT2D eigenvalue weighted by Gasteiger charge is 2.52. The van der Waals surface area contributed by atoms with Crippen LogP contribution < -0.4 is 15.4 Å². The quantitative estimate of drug-likeness (QED) is 0.826. The number of hydrogen-bond donors (Lipinski definition) is 2. The Morgan fingerprint density at radius 3 is 2.68 bits per heavy atom. The highest BCUT2D eigenvalue weighted by molar-refractivity contribution is 5.91. The monoisotopic (exact) mass is 391 g/mol. The molecule has 1 aromatic carbocycles. The van der Waals surface area contributed by atoms with Crippen molar-refractivity contribution in [1.29, 1.82) is 0 Å². The van der Waals surface area contributed by atoms with Gasteiger partial charge in [0.25, 0.3) is 0 Å². The number of ether oxygens (including phenoxy) is 2. The molecule has 0 bridgehead atoms. The Kier molecular flexibility index (Phi) is 5.14. The second-order valence-electron chi connectivity index (χ2n) is 7.97. The molecule has 2 heterocycles. The molecule has 3 fully saturated rings. The Balaban J connectivity index is 1.47. The number of benzene rings is 1. The predicted molar refractivity (Wildman–Crippen MR) is 101 cm³/mol. The minimum absolute atomic E-state index is 0.0372. The number of carbonyl (C=O) groups excluding carboxylic acids is 2. The number of likely N-dealkylation sites (tertiary alicyclic amines) is 1. The van der Waals surface area contributed by atoms with E-state index in [2.05, 4.69) is 10.6 Å². The first-order chi connectivity index (χ1) is 13.5. The Bertz CT molecular complexity index is 762. The summed E-state index contributed by atoms with van der Waals surface area (Å²) in [6.07, 6.45) is 3.58. The SMILES string of the molecule is COc1ccc(NC(=O)N2C[C@H](C(=O)NC3CC3)C3(CCOCC3)C2)cc1F. The molecular weight excluding hydrogens is 365 g/mol. The Hall–Kier alpha value is -2.35. The second kappa shape index (κ2) is 7.58. The van der Waals surface area contributed by atoms with Crippen LogP contribution in [0.2, 0.25) is 0 Å². The molecule has 8 heteroatoms. The van der Waals surface area contributed by atoms with Crippen LogP contribution in [0.25, 0.3) is 0 Å². The van der Waals surface area contributed by atoms with E-state index < -0.39 is 5.82 Å². The van der Waals surface area contributed by atoms with E-state index in [0.29, 0.717) is 32.0 Å². The number of hydrogen-bond acceptors (Lipinski definition) is 4. The Morgan fingerprint density at radius 1 is 1.29 bits per heavy atom. The molecule has 28 heavy (non-hydrogen) atoms. The molecule has 1 aliphatic carbocycles. The average Bonchev–Trinajstić information content (AvgIpc) is 3.42. The van der Waals surface area contributed by atoms with Crippen molar-refractivity contribution in [3.8, 4) is 5.75 Å². The first kappa shape index (κ1) is 19.0. The van der Waals surface area contributed by atoms with Crippen molar-refractivity contribution in [1.82, 2.24) is 10.2 Å². The number of carbonyl (C=O) groups is 2. The number of halogens is 1. The van der Waals surface area contributed by atoms with E-state index in [0.717, 1.165) is 25.7 Å². The smallest absolute Gasteiger partial charge is 0.321 e. The molecule has 1 saturated carbocycles. The van der Waals surface area contributed by atoms with Crippen molar-refractivity contribution in [3.63, 3.8) is 0 Å². The van der Waals surface area contributed by atoms with Gasteiger partial charge in [-0.2, -0.15) is 0 Å². The highest BCUT2D eigenvalue weighted by Crippen LogP contribution is 2.45.